The van der Waals surface area contributed by atoms with Crippen LogP contribution in [0.15, 0.2) is 16.5 Å². The van der Waals surface area contributed by atoms with Crippen LogP contribution in [0, 0.1) is 10.1 Å². The summed E-state index contributed by atoms with van der Waals surface area (Å²) in [7, 11) is 0. The molecule has 1 aromatic rings. The van der Waals surface area contributed by atoms with E-state index in [-0.39, 0.29) is 18.4 Å². The van der Waals surface area contributed by atoms with Crippen LogP contribution in [0.4, 0.5) is 5.88 Å². The van der Waals surface area contributed by atoms with Gasteiger partial charge in [0.2, 0.25) is 0 Å². The molecule has 1 aliphatic heterocycles. The molecule has 1 fully saturated rings. The average Bonchev–Trinajstić information content (AvgIpc) is 3.05. The number of carbonyl (C=O) groups is 2. The minimum absolute atomic E-state index is 0.122. The van der Waals surface area contributed by atoms with Crippen LogP contribution >= 0.6 is 0 Å². The van der Waals surface area contributed by atoms with Crippen LogP contribution in [-0.4, -0.2) is 40.7 Å². The summed E-state index contributed by atoms with van der Waals surface area (Å²) in [5.74, 6) is -2.33. The minimum Gasteiger partial charge on any atom is -0.479 e. The van der Waals surface area contributed by atoms with Crippen molar-refractivity contribution in [1.82, 2.24) is 5.32 Å². The quantitative estimate of drug-likeness (QED) is 0.596. The molecule has 108 valence electrons. The number of ether oxygens (including phenoxy) is 1. The predicted octanol–water partition coefficient (Wildman–Crippen LogP) is 0.550. The summed E-state index contributed by atoms with van der Waals surface area (Å²) >= 11 is 0. The SMILES string of the molecule is O=C(NCC1CCC(C(=O)O)O1)c1ccc([N+](=O)[O-])o1. The molecule has 9 nitrogen and oxygen atoms in total. The van der Waals surface area contributed by atoms with Gasteiger partial charge in [-0.3, -0.25) is 14.9 Å². The van der Waals surface area contributed by atoms with E-state index in [0.717, 1.165) is 6.07 Å². The van der Waals surface area contributed by atoms with Gasteiger partial charge < -0.3 is 19.6 Å². The highest BCUT2D eigenvalue weighted by Gasteiger charge is 2.30. The number of nitro groups is 1. The third-order valence-corrected chi connectivity index (χ3v) is 2.87. The van der Waals surface area contributed by atoms with Gasteiger partial charge >= 0.3 is 11.9 Å². The van der Waals surface area contributed by atoms with Gasteiger partial charge in [0.1, 0.15) is 4.92 Å². The Labute approximate surface area is 112 Å². The molecule has 0 aliphatic carbocycles. The highest BCUT2D eigenvalue weighted by molar-refractivity contribution is 5.91. The summed E-state index contributed by atoms with van der Waals surface area (Å²) in [5.41, 5.74) is 0. The highest BCUT2D eigenvalue weighted by atomic mass is 16.6. The lowest BCUT2D eigenvalue weighted by Crippen LogP contribution is -2.32. The lowest BCUT2D eigenvalue weighted by Gasteiger charge is -2.11. The molecule has 2 N–H and O–H groups in total. The number of amides is 1. The largest absolute Gasteiger partial charge is 0.479 e. The molecule has 9 heteroatoms. The third-order valence-electron chi connectivity index (χ3n) is 2.87. The summed E-state index contributed by atoms with van der Waals surface area (Å²) in [6.45, 7) is 0.122. The first kappa shape index (κ1) is 14.0. The van der Waals surface area contributed by atoms with Crippen molar-refractivity contribution >= 4 is 17.8 Å². The number of hydrogen-bond acceptors (Lipinski definition) is 6. The van der Waals surface area contributed by atoms with Crippen molar-refractivity contribution in [2.45, 2.75) is 25.0 Å². The first-order valence-corrected chi connectivity index (χ1v) is 5.88. The molecule has 1 saturated heterocycles. The number of hydrogen-bond donors (Lipinski definition) is 2. The molecule has 0 radical (unpaired) electrons. The van der Waals surface area contributed by atoms with Crippen LogP contribution in [0.5, 0.6) is 0 Å². The van der Waals surface area contributed by atoms with Crippen molar-refractivity contribution < 1.29 is 28.8 Å². The fraction of sp³-hybridized carbons (Fsp3) is 0.455. The van der Waals surface area contributed by atoms with Crippen molar-refractivity contribution in [2.75, 3.05) is 6.54 Å². The normalized spacial score (nSPS) is 21.6. The molecule has 0 saturated carbocycles. The molecule has 2 unspecified atom stereocenters. The molecule has 1 aromatic heterocycles. The summed E-state index contributed by atoms with van der Waals surface area (Å²) in [4.78, 5) is 32.0. The van der Waals surface area contributed by atoms with Crippen LogP contribution in [-0.2, 0) is 9.53 Å². The number of nitrogens with zero attached hydrogens (tertiary/aromatic N) is 1. The Kier molecular flexibility index (Phi) is 3.99. The van der Waals surface area contributed by atoms with Gasteiger partial charge in [0.25, 0.3) is 5.91 Å². The van der Waals surface area contributed by atoms with E-state index in [1.807, 2.05) is 0 Å². The minimum atomic E-state index is -1.03. The van der Waals surface area contributed by atoms with E-state index in [2.05, 4.69) is 5.32 Å². The van der Waals surface area contributed by atoms with E-state index < -0.39 is 28.8 Å². The van der Waals surface area contributed by atoms with Gasteiger partial charge in [0, 0.05) is 6.54 Å². The molecule has 2 atom stereocenters. The lowest BCUT2D eigenvalue weighted by atomic mass is 10.2. The zero-order chi connectivity index (χ0) is 14.7. The van der Waals surface area contributed by atoms with Crippen molar-refractivity contribution in [1.29, 1.82) is 0 Å². The van der Waals surface area contributed by atoms with E-state index in [4.69, 9.17) is 14.3 Å². The number of nitrogens with one attached hydrogen (secondary N) is 1. The van der Waals surface area contributed by atoms with Gasteiger partial charge in [-0.25, -0.2) is 4.79 Å². The van der Waals surface area contributed by atoms with Crippen LogP contribution in [0.25, 0.3) is 0 Å². The van der Waals surface area contributed by atoms with Gasteiger partial charge in [-0.1, -0.05) is 0 Å². The average molecular weight is 284 g/mol. The molecule has 0 bridgehead atoms. The Bertz CT molecular complexity index is 539. The van der Waals surface area contributed by atoms with Crippen molar-refractivity contribution in [3.8, 4) is 0 Å². The van der Waals surface area contributed by atoms with E-state index in [1.54, 1.807) is 0 Å². The van der Waals surface area contributed by atoms with Gasteiger partial charge in [0.05, 0.1) is 12.2 Å². The van der Waals surface area contributed by atoms with Gasteiger partial charge in [0.15, 0.2) is 11.9 Å². The van der Waals surface area contributed by atoms with E-state index in [1.165, 1.54) is 6.07 Å². The lowest BCUT2D eigenvalue weighted by molar-refractivity contribution is -0.402. The standard InChI is InChI=1S/C11H12N2O7/c14-10(7-3-4-9(20-7)13(17)18)12-5-6-1-2-8(19-6)11(15)16/h3-4,6,8H,1-2,5H2,(H,12,14)(H,15,16). The van der Waals surface area contributed by atoms with Gasteiger partial charge in [-0.15, -0.1) is 0 Å². The molecule has 2 heterocycles. The van der Waals surface area contributed by atoms with E-state index in [0.29, 0.717) is 12.8 Å². The number of rotatable bonds is 5. The Morgan fingerprint density at radius 2 is 2.20 bits per heavy atom. The predicted molar refractivity (Wildman–Crippen MR) is 63.2 cm³/mol. The molecule has 2 rings (SSSR count). The van der Waals surface area contributed by atoms with Crippen LogP contribution in [0.1, 0.15) is 23.4 Å². The zero-order valence-electron chi connectivity index (χ0n) is 10.3. The van der Waals surface area contributed by atoms with Crippen molar-refractivity contribution in [2.24, 2.45) is 0 Å². The molecular weight excluding hydrogens is 272 g/mol. The van der Waals surface area contributed by atoms with E-state index >= 15 is 0 Å². The molecule has 20 heavy (non-hydrogen) atoms. The summed E-state index contributed by atoms with van der Waals surface area (Å²) in [6, 6.07) is 2.28. The second-order valence-corrected chi connectivity index (χ2v) is 4.27. The second-order valence-electron chi connectivity index (χ2n) is 4.27. The summed E-state index contributed by atoms with van der Waals surface area (Å²) in [5, 5.41) is 21.6. The first-order chi connectivity index (χ1) is 9.47. The second kappa shape index (κ2) is 5.70. The molecule has 0 spiro atoms. The maximum atomic E-state index is 11.7. The number of furan rings is 1. The monoisotopic (exact) mass is 284 g/mol. The van der Waals surface area contributed by atoms with Crippen LogP contribution < -0.4 is 5.32 Å². The first-order valence-electron chi connectivity index (χ1n) is 5.88. The van der Waals surface area contributed by atoms with Crippen molar-refractivity contribution in [3.05, 3.63) is 28.0 Å². The Balaban J connectivity index is 1.83. The number of carboxylic acids is 1. The Hall–Kier alpha value is -2.42. The summed E-state index contributed by atoms with van der Waals surface area (Å²) < 4.78 is 9.93. The van der Waals surface area contributed by atoms with Gasteiger partial charge in [-0.05, 0) is 18.9 Å². The number of aliphatic carboxylic acids is 1. The third kappa shape index (κ3) is 3.12. The fourth-order valence-electron chi connectivity index (χ4n) is 1.88. The Morgan fingerprint density at radius 3 is 2.75 bits per heavy atom. The van der Waals surface area contributed by atoms with E-state index in [9.17, 15) is 19.7 Å². The maximum absolute atomic E-state index is 11.7. The zero-order valence-corrected chi connectivity index (χ0v) is 10.3. The maximum Gasteiger partial charge on any atom is 0.433 e. The molecular formula is C11H12N2O7. The highest BCUT2D eigenvalue weighted by Crippen LogP contribution is 2.20. The molecule has 1 amide bonds. The molecule has 0 aromatic carbocycles. The van der Waals surface area contributed by atoms with Gasteiger partial charge in [-0.2, -0.15) is 0 Å². The summed E-state index contributed by atoms with van der Waals surface area (Å²) in [6.07, 6.45) is -0.316. The Morgan fingerprint density at radius 1 is 1.45 bits per heavy atom. The topological polar surface area (TPSA) is 132 Å². The van der Waals surface area contributed by atoms with Crippen LogP contribution in [0.2, 0.25) is 0 Å². The van der Waals surface area contributed by atoms with Crippen LogP contribution in [0.3, 0.4) is 0 Å². The number of carboxylic acid groups (broad SMARTS) is 1. The number of carbonyl (C=O) groups excluding carboxylic acids is 1. The smallest absolute Gasteiger partial charge is 0.433 e. The van der Waals surface area contributed by atoms with Crippen molar-refractivity contribution in [3.63, 3.8) is 0 Å². The fourth-order valence-corrected chi connectivity index (χ4v) is 1.88. The molecule has 1 aliphatic rings.